The second kappa shape index (κ2) is 6.27. The highest BCUT2D eigenvalue weighted by atomic mass is 32.7. The number of benzene rings is 1. The number of rotatable bonds is 4. The molecule has 0 aromatic heterocycles. The van der Waals surface area contributed by atoms with Crippen LogP contribution in [0.4, 0.5) is 0 Å². The second-order valence-electron chi connectivity index (χ2n) is 3.63. The molecule has 1 aromatic carbocycles. The first-order chi connectivity index (χ1) is 6.72. The molecule has 0 nitrogen and oxygen atoms in total. The quantitative estimate of drug-likeness (QED) is 0.449. The van der Waals surface area contributed by atoms with E-state index in [2.05, 4.69) is 56.4 Å². The standard InChI is InChI=1S/C12H17PS/c1-10(2)5-3-6-11-7-4-8-12(9-11)13-14/h4-5,7-9,13-14H,3,6H2,1-2H3. The van der Waals surface area contributed by atoms with E-state index >= 15 is 0 Å². The van der Waals surface area contributed by atoms with Gasteiger partial charge in [-0.15, -0.1) is 12.2 Å². The summed E-state index contributed by atoms with van der Waals surface area (Å²) < 4.78 is 0. The molecule has 0 saturated heterocycles. The van der Waals surface area contributed by atoms with Gasteiger partial charge in [-0.1, -0.05) is 35.9 Å². The highest BCUT2D eigenvalue weighted by molar-refractivity contribution is 8.40. The van der Waals surface area contributed by atoms with Crippen LogP contribution in [0.1, 0.15) is 25.8 Å². The van der Waals surface area contributed by atoms with Crippen molar-refractivity contribution in [3.63, 3.8) is 0 Å². The largest absolute Gasteiger partial charge is 0.150 e. The Labute approximate surface area is 93.7 Å². The number of aryl methyl sites for hydroxylation is 1. The van der Waals surface area contributed by atoms with Gasteiger partial charge in [-0.2, -0.15) is 0 Å². The van der Waals surface area contributed by atoms with Gasteiger partial charge in [-0.25, -0.2) is 0 Å². The summed E-state index contributed by atoms with van der Waals surface area (Å²) in [5, 5.41) is 1.34. The molecule has 1 atom stereocenters. The van der Waals surface area contributed by atoms with Crippen LogP contribution in [0.15, 0.2) is 35.9 Å². The summed E-state index contributed by atoms with van der Waals surface area (Å²) in [6.07, 6.45) is 4.56. The second-order valence-corrected chi connectivity index (χ2v) is 5.10. The molecule has 0 saturated carbocycles. The first-order valence-corrected chi connectivity index (χ1v) is 7.13. The maximum Gasteiger partial charge on any atom is -0.0167 e. The fourth-order valence-electron chi connectivity index (χ4n) is 1.32. The minimum absolute atomic E-state index is 0.606. The lowest BCUT2D eigenvalue weighted by atomic mass is 10.1. The van der Waals surface area contributed by atoms with Crippen LogP contribution in [0.3, 0.4) is 0 Å². The van der Waals surface area contributed by atoms with Crippen molar-refractivity contribution < 1.29 is 0 Å². The lowest BCUT2D eigenvalue weighted by Gasteiger charge is -2.01. The van der Waals surface area contributed by atoms with Crippen LogP contribution in [-0.2, 0) is 6.42 Å². The van der Waals surface area contributed by atoms with E-state index < -0.39 is 0 Å². The average Bonchev–Trinajstić information content (AvgIpc) is 2.18. The van der Waals surface area contributed by atoms with Crippen LogP contribution >= 0.6 is 20.0 Å². The van der Waals surface area contributed by atoms with Crippen LogP contribution in [0, 0.1) is 0 Å². The summed E-state index contributed by atoms with van der Waals surface area (Å²) in [4.78, 5) is 0. The Morgan fingerprint density at radius 3 is 2.86 bits per heavy atom. The van der Waals surface area contributed by atoms with Crippen molar-refractivity contribution in [1.29, 1.82) is 0 Å². The zero-order chi connectivity index (χ0) is 10.4. The predicted molar refractivity (Wildman–Crippen MR) is 71.1 cm³/mol. The van der Waals surface area contributed by atoms with Gasteiger partial charge in [-0.05, 0) is 45.3 Å². The van der Waals surface area contributed by atoms with Gasteiger partial charge >= 0.3 is 0 Å². The van der Waals surface area contributed by atoms with E-state index in [1.54, 1.807) is 0 Å². The molecule has 0 radical (unpaired) electrons. The molecule has 0 spiro atoms. The predicted octanol–water partition coefficient (Wildman–Crippen LogP) is 3.73. The van der Waals surface area contributed by atoms with Crippen molar-refractivity contribution in [3.8, 4) is 0 Å². The first-order valence-electron chi connectivity index (χ1n) is 4.85. The number of hydrogen-bond acceptors (Lipinski definition) is 1. The zero-order valence-corrected chi connectivity index (χ0v) is 10.6. The summed E-state index contributed by atoms with van der Waals surface area (Å²) in [5.74, 6) is 0. The average molecular weight is 224 g/mol. The van der Waals surface area contributed by atoms with E-state index in [0.717, 1.165) is 12.8 Å². The zero-order valence-electron chi connectivity index (χ0n) is 8.75. The van der Waals surface area contributed by atoms with Crippen molar-refractivity contribution in [3.05, 3.63) is 41.5 Å². The normalized spacial score (nSPS) is 10.8. The van der Waals surface area contributed by atoms with Gasteiger partial charge in [0.05, 0.1) is 0 Å². The smallest absolute Gasteiger partial charge is 0.0167 e. The molecule has 0 aliphatic rings. The number of thiol groups is 1. The van der Waals surface area contributed by atoms with E-state index in [4.69, 9.17) is 0 Å². The SMILES string of the molecule is CC(C)=CCCc1cccc(PS)c1. The third-order valence-corrected chi connectivity index (χ3v) is 3.39. The Balaban J connectivity index is 2.54. The lowest BCUT2D eigenvalue weighted by Crippen LogP contribution is -1.94. The minimum Gasteiger partial charge on any atom is -0.150 e. The van der Waals surface area contributed by atoms with Crippen LogP contribution in [-0.4, -0.2) is 0 Å². The molecule has 1 unspecified atom stereocenters. The number of allylic oxidation sites excluding steroid dienone is 2. The van der Waals surface area contributed by atoms with Crippen LogP contribution in [0.5, 0.6) is 0 Å². The third kappa shape index (κ3) is 4.30. The molecule has 14 heavy (non-hydrogen) atoms. The molecule has 76 valence electrons. The topological polar surface area (TPSA) is 0 Å². The molecule has 1 aromatic rings. The Hall–Kier alpha value is -0.260. The highest BCUT2D eigenvalue weighted by Gasteiger charge is 1.93. The monoisotopic (exact) mass is 224 g/mol. The molecule has 0 bridgehead atoms. The van der Waals surface area contributed by atoms with Crippen LogP contribution in [0.25, 0.3) is 0 Å². The molecule has 0 amide bonds. The lowest BCUT2D eigenvalue weighted by molar-refractivity contribution is 0.990. The maximum atomic E-state index is 4.30. The molecule has 0 heterocycles. The molecule has 2 heteroatoms. The first kappa shape index (κ1) is 11.8. The molecular formula is C12H17PS. The molecule has 1 rings (SSSR count). The van der Waals surface area contributed by atoms with Gasteiger partial charge in [0.2, 0.25) is 0 Å². The van der Waals surface area contributed by atoms with Gasteiger partial charge < -0.3 is 0 Å². The molecule has 0 fully saturated rings. The Kier molecular flexibility index (Phi) is 5.29. The Morgan fingerprint density at radius 2 is 2.21 bits per heavy atom. The summed E-state index contributed by atoms with van der Waals surface area (Å²) >= 11 is 4.30. The van der Waals surface area contributed by atoms with Crippen LogP contribution < -0.4 is 5.30 Å². The summed E-state index contributed by atoms with van der Waals surface area (Å²) in [6.45, 7) is 4.29. The van der Waals surface area contributed by atoms with E-state index in [-0.39, 0.29) is 0 Å². The maximum absolute atomic E-state index is 4.30. The van der Waals surface area contributed by atoms with Gasteiger partial charge in [0, 0.05) is 0 Å². The van der Waals surface area contributed by atoms with Gasteiger partial charge in [0.15, 0.2) is 0 Å². The van der Waals surface area contributed by atoms with Crippen molar-refractivity contribution in [1.82, 2.24) is 0 Å². The minimum atomic E-state index is 0.606. The summed E-state index contributed by atoms with van der Waals surface area (Å²) in [6, 6.07) is 8.70. The van der Waals surface area contributed by atoms with Gasteiger partial charge in [0.1, 0.15) is 0 Å². The van der Waals surface area contributed by atoms with Crippen molar-refractivity contribution >= 4 is 25.3 Å². The van der Waals surface area contributed by atoms with Crippen LogP contribution in [0.2, 0.25) is 0 Å². The Bertz CT molecular complexity index is 314. The molecule has 0 aliphatic heterocycles. The van der Waals surface area contributed by atoms with E-state index in [1.807, 2.05) is 0 Å². The van der Waals surface area contributed by atoms with E-state index in [0.29, 0.717) is 7.78 Å². The third-order valence-electron chi connectivity index (χ3n) is 2.04. The molecule has 0 N–H and O–H groups in total. The molecular weight excluding hydrogens is 207 g/mol. The summed E-state index contributed by atoms with van der Waals surface area (Å²) in [7, 11) is 0.606. The van der Waals surface area contributed by atoms with Crippen molar-refractivity contribution in [2.45, 2.75) is 26.7 Å². The van der Waals surface area contributed by atoms with Crippen molar-refractivity contribution in [2.24, 2.45) is 0 Å². The molecule has 0 aliphatic carbocycles. The van der Waals surface area contributed by atoms with Crippen molar-refractivity contribution in [2.75, 3.05) is 0 Å². The van der Waals surface area contributed by atoms with E-state index in [9.17, 15) is 0 Å². The fraction of sp³-hybridized carbons (Fsp3) is 0.333. The Morgan fingerprint density at radius 1 is 1.43 bits per heavy atom. The number of hydrogen-bond donors (Lipinski definition) is 1. The summed E-state index contributed by atoms with van der Waals surface area (Å²) in [5.41, 5.74) is 2.82. The highest BCUT2D eigenvalue weighted by Crippen LogP contribution is 2.15. The fourth-order valence-corrected chi connectivity index (χ4v) is 2.16. The van der Waals surface area contributed by atoms with Gasteiger partial charge in [-0.3, -0.25) is 0 Å². The van der Waals surface area contributed by atoms with E-state index in [1.165, 1.54) is 16.4 Å². The van der Waals surface area contributed by atoms with Gasteiger partial charge in [0.25, 0.3) is 0 Å².